The van der Waals surface area contributed by atoms with Gasteiger partial charge in [-0.25, -0.2) is 4.98 Å². The predicted molar refractivity (Wildman–Crippen MR) is 66.6 cm³/mol. The lowest BCUT2D eigenvalue weighted by Crippen LogP contribution is -1.85. The summed E-state index contributed by atoms with van der Waals surface area (Å²) in [6.07, 6.45) is 0. The highest BCUT2D eigenvalue weighted by atomic mass is 32.1. The van der Waals surface area contributed by atoms with E-state index in [2.05, 4.69) is 43.1 Å². The van der Waals surface area contributed by atoms with Crippen LogP contribution in [0.2, 0.25) is 0 Å². The van der Waals surface area contributed by atoms with Gasteiger partial charge in [-0.2, -0.15) is 0 Å². The molecule has 0 saturated heterocycles. The predicted octanol–water partition coefficient (Wildman–Crippen LogP) is 4.07. The quantitative estimate of drug-likeness (QED) is 0.548. The van der Waals surface area contributed by atoms with Crippen LogP contribution in [0.4, 0.5) is 0 Å². The first-order chi connectivity index (χ1) is 7.29. The van der Waals surface area contributed by atoms with Gasteiger partial charge in [0, 0.05) is 0 Å². The minimum absolute atomic E-state index is 1.16. The fourth-order valence-electron chi connectivity index (χ4n) is 2.17. The molecule has 2 heteroatoms. The Hall–Kier alpha value is -1.41. The first-order valence-electron chi connectivity index (χ1n) is 5.00. The van der Waals surface area contributed by atoms with Gasteiger partial charge in [0.2, 0.25) is 0 Å². The smallest absolute Gasteiger partial charge is 0.0850 e. The molecule has 0 aliphatic carbocycles. The molecule has 0 atom stereocenters. The zero-order chi connectivity index (χ0) is 10.4. The number of rotatable bonds is 0. The Morgan fingerprint density at radius 1 is 1.00 bits per heavy atom. The summed E-state index contributed by atoms with van der Waals surface area (Å²) in [5, 5.41) is 2.68. The lowest BCUT2D eigenvalue weighted by Gasteiger charge is -2.06. The highest BCUT2D eigenvalue weighted by Crippen LogP contribution is 2.33. The number of fused-ring (bicyclic) bond motifs is 2. The van der Waals surface area contributed by atoms with Crippen LogP contribution in [0.15, 0.2) is 29.8 Å². The summed E-state index contributed by atoms with van der Waals surface area (Å²) in [5.41, 5.74) is 5.75. The molecule has 0 aliphatic heterocycles. The monoisotopic (exact) mass is 213 g/mol. The van der Waals surface area contributed by atoms with Crippen molar-refractivity contribution < 1.29 is 0 Å². The second-order valence-electron chi connectivity index (χ2n) is 3.83. The van der Waals surface area contributed by atoms with Crippen molar-refractivity contribution in [3.05, 3.63) is 40.9 Å². The Morgan fingerprint density at radius 2 is 1.67 bits per heavy atom. The Morgan fingerprint density at radius 3 is 2.40 bits per heavy atom. The molecule has 0 saturated carbocycles. The summed E-state index contributed by atoms with van der Waals surface area (Å²) in [5.74, 6) is 0. The van der Waals surface area contributed by atoms with Crippen LogP contribution in [0.1, 0.15) is 11.1 Å². The number of benzene rings is 2. The summed E-state index contributed by atoms with van der Waals surface area (Å²) < 4.78 is 1.33. The minimum Gasteiger partial charge on any atom is -0.244 e. The molecule has 0 amide bonds. The molecule has 0 spiro atoms. The van der Waals surface area contributed by atoms with Gasteiger partial charge in [0.15, 0.2) is 0 Å². The molecule has 0 radical (unpaired) electrons. The van der Waals surface area contributed by atoms with Gasteiger partial charge in [-0.05, 0) is 35.7 Å². The SMILES string of the molecule is Cc1c2ccccc2c(C)c2scnc12. The maximum atomic E-state index is 4.45. The van der Waals surface area contributed by atoms with E-state index in [1.165, 1.54) is 26.6 Å². The van der Waals surface area contributed by atoms with Crippen LogP contribution in [0.3, 0.4) is 0 Å². The third kappa shape index (κ3) is 1.11. The van der Waals surface area contributed by atoms with Crippen molar-refractivity contribution in [1.82, 2.24) is 4.98 Å². The van der Waals surface area contributed by atoms with Crippen molar-refractivity contribution in [2.45, 2.75) is 13.8 Å². The van der Waals surface area contributed by atoms with Crippen LogP contribution in [-0.2, 0) is 0 Å². The van der Waals surface area contributed by atoms with E-state index in [1.54, 1.807) is 11.3 Å². The zero-order valence-electron chi connectivity index (χ0n) is 8.74. The second kappa shape index (κ2) is 3.04. The summed E-state index contributed by atoms with van der Waals surface area (Å²) in [4.78, 5) is 4.45. The molecule has 0 aliphatic rings. The lowest BCUT2D eigenvalue weighted by atomic mass is 10.0. The Kier molecular flexibility index (Phi) is 1.80. The average molecular weight is 213 g/mol. The average Bonchev–Trinajstić information content (AvgIpc) is 2.75. The third-order valence-electron chi connectivity index (χ3n) is 3.00. The molecule has 1 nitrogen and oxygen atoms in total. The summed E-state index contributed by atoms with van der Waals surface area (Å²) in [7, 11) is 0. The Balaban J connectivity index is 2.69. The second-order valence-corrected chi connectivity index (χ2v) is 4.68. The number of hydrogen-bond acceptors (Lipinski definition) is 2. The van der Waals surface area contributed by atoms with E-state index < -0.39 is 0 Å². The summed E-state index contributed by atoms with van der Waals surface area (Å²) in [6, 6.07) is 8.56. The fourth-order valence-corrected chi connectivity index (χ4v) is 3.03. The van der Waals surface area contributed by atoms with Crippen molar-refractivity contribution in [2.24, 2.45) is 0 Å². The molecular weight excluding hydrogens is 202 g/mol. The number of aromatic nitrogens is 1. The maximum absolute atomic E-state index is 4.45. The van der Waals surface area contributed by atoms with Crippen LogP contribution in [0, 0.1) is 13.8 Å². The van der Waals surface area contributed by atoms with E-state index in [1.807, 2.05) is 5.51 Å². The first kappa shape index (κ1) is 8.86. The molecule has 3 aromatic rings. The Labute approximate surface area is 92.4 Å². The Bertz CT molecular complexity index is 596. The van der Waals surface area contributed by atoms with Gasteiger partial charge in [0.05, 0.1) is 15.7 Å². The fraction of sp³-hybridized carbons (Fsp3) is 0.154. The molecule has 0 N–H and O–H groups in total. The third-order valence-corrected chi connectivity index (χ3v) is 3.94. The van der Waals surface area contributed by atoms with Crippen molar-refractivity contribution in [2.75, 3.05) is 0 Å². The molecule has 1 aromatic heterocycles. The standard InChI is InChI=1S/C13H11NS/c1-8-10-5-3-4-6-11(10)9(2)13-12(8)14-7-15-13/h3-7H,1-2H3. The molecule has 15 heavy (non-hydrogen) atoms. The zero-order valence-corrected chi connectivity index (χ0v) is 9.56. The van der Waals surface area contributed by atoms with E-state index in [0.29, 0.717) is 0 Å². The topological polar surface area (TPSA) is 12.9 Å². The molecule has 1 heterocycles. The highest BCUT2D eigenvalue weighted by molar-refractivity contribution is 7.17. The number of hydrogen-bond donors (Lipinski definition) is 0. The van der Waals surface area contributed by atoms with Gasteiger partial charge < -0.3 is 0 Å². The summed E-state index contributed by atoms with van der Waals surface area (Å²) in [6.45, 7) is 4.34. The van der Waals surface area contributed by atoms with Crippen LogP contribution < -0.4 is 0 Å². The molecule has 0 fully saturated rings. The first-order valence-corrected chi connectivity index (χ1v) is 5.88. The van der Waals surface area contributed by atoms with Gasteiger partial charge >= 0.3 is 0 Å². The van der Waals surface area contributed by atoms with Crippen molar-refractivity contribution >= 4 is 32.3 Å². The van der Waals surface area contributed by atoms with Gasteiger partial charge in [-0.3, -0.25) is 0 Å². The largest absolute Gasteiger partial charge is 0.244 e. The van der Waals surface area contributed by atoms with Crippen molar-refractivity contribution in [3.63, 3.8) is 0 Å². The van der Waals surface area contributed by atoms with Gasteiger partial charge in [-0.1, -0.05) is 24.3 Å². The molecule has 74 valence electrons. The van der Waals surface area contributed by atoms with Gasteiger partial charge in [0.25, 0.3) is 0 Å². The maximum Gasteiger partial charge on any atom is 0.0850 e. The van der Waals surface area contributed by atoms with Gasteiger partial charge in [-0.15, -0.1) is 11.3 Å². The molecule has 2 aromatic carbocycles. The van der Waals surface area contributed by atoms with E-state index in [0.717, 1.165) is 5.52 Å². The van der Waals surface area contributed by atoms with Crippen molar-refractivity contribution in [3.8, 4) is 0 Å². The number of aryl methyl sites for hydroxylation is 2. The van der Waals surface area contributed by atoms with Crippen LogP contribution in [0.25, 0.3) is 21.0 Å². The summed E-state index contributed by atoms with van der Waals surface area (Å²) >= 11 is 1.73. The van der Waals surface area contributed by atoms with Crippen LogP contribution in [-0.4, -0.2) is 4.98 Å². The normalized spacial score (nSPS) is 11.3. The number of nitrogens with zero attached hydrogens (tertiary/aromatic N) is 1. The van der Waals surface area contributed by atoms with E-state index in [4.69, 9.17) is 0 Å². The van der Waals surface area contributed by atoms with E-state index >= 15 is 0 Å². The minimum atomic E-state index is 1.16. The van der Waals surface area contributed by atoms with E-state index in [9.17, 15) is 0 Å². The molecule has 3 rings (SSSR count). The molecule has 0 bridgehead atoms. The van der Waals surface area contributed by atoms with Crippen LogP contribution >= 0.6 is 11.3 Å². The lowest BCUT2D eigenvalue weighted by molar-refractivity contribution is 1.44. The molecular formula is C13H11NS. The van der Waals surface area contributed by atoms with Crippen LogP contribution in [0.5, 0.6) is 0 Å². The van der Waals surface area contributed by atoms with Gasteiger partial charge in [0.1, 0.15) is 0 Å². The van der Waals surface area contributed by atoms with Crippen molar-refractivity contribution in [1.29, 1.82) is 0 Å². The van der Waals surface area contributed by atoms with E-state index in [-0.39, 0.29) is 0 Å². The molecule has 0 unspecified atom stereocenters. The number of thiazole rings is 1. The highest BCUT2D eigenvalue weighted by Gasteiger charge is 2.09.